The average molecular weight is 465 g/mol. The van der Waals surface area contributed by atoms with E-state index in [0.29, 0.717) is 6.61 Å². The summed E-state index contributed by atoms with van der Waals surface area (Å²) in [5, 5.41) is 21.7. The minimum absolute atomic E-state index is 0.602. The van der Waals surface area contributed by atoms with Crippen LogP contribution in [0, 0.1) is 0 Å². The van der Waals surface area contributed by atoms with Crippen LogP contribution >= 0.6 is 0 Å². The van der Waals surface area contributed by atoms with E-state index in [4.69, 9.17) is 29.4 Å². The molecule has 4 rings (SSSR count). The standard InChI is InChI=1S/C24H26N2O2.C2H2O4/c1-27-21-13-11-20(12-14-21)24(25-28-18-17-26-15-4-5-16-26)23-10-6-8-19-7-2-3-9-22(19)23;3-1(4)2(5)6/h2-3,6-14H,4-5,15-18H2,1H3;(H,3,4)(H,5,6)/b25-24+;. The third kappa shape index (κ3) is 6.79. The van der Waals surface area contributed by atoms with E-state index in [1.807, 2.05) is 24.3 Å². The number of oxime groups is 1. The van der Waals surface area contributed by atoms with Crippen LogP contribution in [0.15, 0.2) is 71.9 Å². The van der Waals surface area contributed by atoms with Gasteiger partial charge in [-0.05, 0) is 61.0 Å². The summed E-state index contributed by atoms with van der Waals surface area (Å²) in [6.45, 7) is 3.86. The van der Waals surface area contributed by atoms with Gasteiger partial charge < -0.3 is 19.8 Å². The van der Waals surface area contributed by atoms with Gasteiger partial charge in [0.25, 0.3) is 0 Å². The molecule has 1 aliphatic heterocycles. The zero-order valence-electron chi connectivity index (χ0n) is 19.0. The number of ether oxygens (including phenoxy) is 1. The van der Waals surface area contributed by atoms with Crippen molar-refractivity contribution in [2.24, 2.45) is 5.16 Å². The molecule has 1 heterocycles. The van der Waals surface area contributed by atoms with Gasteiger partial charge in [-0.2, -0.15) is 0 Å². The van der Waals surface area contributed by atoms with Crippen molar-refractivity contribution in [2.45, 2.75) is 12.8 Å². The number of likely N-dealkylation sites (tertiary alicyclic amines) is 1. The highest BCUT2D eigenvalue weighted by Gasteiger charge is 2.13. The van der Waals surface area contributed by atoms with Gasteiger partial charge in [-0.25, -0.2) is 9.59 Å². The molecule has 8 heteroatoms. The molecule has 0 bridgehead atoms. The van der Waals surface area contributed by atoms with Crippen molar-refractivity contribution in [3.8, 4) is 5.75 Å². The largest absolute Gasteiger partial charge is 0.497 e. The van der Waals surface area contributed by atoms with Crippen molar-refractivity contribution >= 4 is 28.4 Å². The molecule has 0 aliphatic carbocycles. The molecule has 3 aromatic rings. The SMILES string of the molecule is COc1ccc(/C(=N\OCCN2CCCC2)c2cccc3ccccc23)cc1.O=C(O)C(=O)O. The molecule has 0 spiro atoms. The van der Waals surface area contributed by atoms with Crippen LogP contribution in [0.5, 0.6) is 5.75 Å². The van der Waals surface area contributed by atoms with Gasteiger partial charge in [0.15, 0.2) is 0 Å². The third-order valence-electron chi connectivity index (χ3n) is 5.44. The highest BCUT2D eigenvalue weighted by molar-refractivity contribution is 6.27. The van der Waals surface area contributed by atoms with Crippen LogP contribution in [0.1, 0.15) is 24.0 Å². The lowest BCUT2D eigenvalue weighted by Crippen LogP contribution is -2.23. The van der Waals surface area contributed by atoms with Crippen molar-refractivity contribution < 1.29 is 29.4 Å². The first-order valence-electron chi connectivity index (χ1n) is 11.0. The Morgan fingerprint density at radius 1 is 0.912 bits per heavy atom. The highest BCUT2D eigenvalue weighted by Crippen LogP contribution is 2.23. The molecule has 1 fully saturated rings. The normalized spacial score (nSPS) is 13.7. The first-order valence-corrected chi connectivity index (χ1v) is 11.0. The Hall–Kier alpha value is -3.91. The fourth-order valence-corrected chi connectivity index (χ4v) is 3.72. The van der Waals surface area contributed by atoms with Crippen molar-refractivity contribution in [1.29, 1.82) is 0 Å². The van der Waals surface area contributed by atoms with Crippen LogP contribution < -0.4 is 4.74 Å². The molecule has 34 heavy (non-hydrogen) atoms. The van der Waals surface area contributed by atoms with Crippen molar-refractivity contribution in [2.75, 3.05) is 33.4 Å². The molecule has 3 aromatic carbocycles. The molecular formula is C26H28N2O6. The molecule has 0 radical (unpaired) electrons. The molecule has 1 saturated heterocycles. The number of carbonyl (C=O) groups is 2. The van der Waals surface area contributed by atoms with Crippen molar-refractivity contribution in [3.63, 3.8) is 0 Å². The predicted octanol–water partition coefficient (Wildman–Crippen LogP) is 3.87. The minimum atomic E-state index is -1.82. The van der Waals surface area contributed by atoms with Gasteiger partial charge in [0.1, 0.15) is 18.1 Å². The van der Waals surface area contributed by atoms with Crippen LogP contribution in [0.2, 0.25) is 0 Å². The first kappa shape index (κ1) is 24.7. The van der Waals surface area contributed by atoms with E-state index in [1.165, 1.54) is 36.7 Å². The summed E-state index contributed by atoms with van der Waals surface area (Å²) in [6, 6.07) is 22.7. The Bertz CT molecular complexity index is 1120. The number of benzene rings is 3. The summed E-state index contributed by atoms with van der Waals surface area (Å²) in [4.78, 5) is 26.4. The van der Waals surface area contributed by atoms with E-state index in [2.05, 4.69) is 52.5 Å². The molecule has 2 N–H and O–H groups in total. The Kier molecular flexibility index (Phi) is 8.99. The van der Waals surface area contributed by atoms with E-state index in [-0.39, 0.29) is 0 Å². The summed E-state index contributed by atoms with van der Waals surface area (Å²) in [5.74, 6) is -2.82. The van der Waals surface area contributed by atoms with Crippen LogP contribution in [-0.4, -0.2) is 66.1 Å². The van der Waals surface area contributed by atoms with E-state index in [0.717, 1.165) is 29.1 Å². The summed E-state index contributed by atoms with van der Waals surface area (Å²) in [5.41, 5.74) is 2.93. The Morgan fingerprint density at radius 3 is 2.21 bits per heavy atom. The van der Waals surface area contributed by atoms with E-state index in [9.17, 15) is 0 Å². The number of rotatable bonds is 7. The fourth-order valence-electron chi connectivity index (χ4n) is 3.72. The number of aliphatic carboxylic acids is 2. The molecule has 1 aliphatic rings. The monoisotopic (exact) mass is 464 g/mol. The second-order valence-electron chi connectivity index (χ2n) is 7.69. The minimum Gasteiger partial charge on any atom is -0.497 e. The zero-order chi connectivity index (χ0) is 24.3. The van der Waals surface area contributed by atoms with Gasteiger partial charge in [0.2, 0.25) is 0 Å². The Morgan fingerprint density at radius 2 is 1.56 bits per heavy atom. The molecule has 0 aromatic heterocycles. The summed E-state index contributed by atoms with van der Waals surface area (Å²) < 4.78 is 5.30. The van der Waals surface area contributed by atoms with Crippen LogP contribution in [0.3, 0.4) is 0 Å². The number of carboxylic acids is 2. The molecule has 0 atom stereocenters. The highest BCUT2D eigenvalue weighted by atomic mass is 16.6. The molecule has 178 valence electrons. The topological polar surface area (TPSA) is 109 Å². The van der Waals surface area contributed by atoms with Gasteiger partial charge in [0, 0.05) is 17.7 Å². The second kappa shape index (κ2) is 12.4. The summed E-state index contributed by atoms with van der Waals surface area (Å²) >= 11 is 0. The van der Waals surface area contributed by atoms with E-state index < -0.39 is 11.9 Å². The number of methoxy groups -OCH3 is 1. The molecule has 0 saturated carbocycles. The maximum Gasteiger partial charge on any atom is 0.414 e. The van der Waals surface area contributed by atoms with Gasteiger partial charge >= 0.3 is 11.9 Å². The van der Waals surface area contributed by atoms with Crippen LogP contribution in [0.25, 0.3) is 10.8 Å². The van der Waals surface area contributed by atoms with E-state index >= 15 is 0 Å². The summed E-state index contributed by atoms with van der Waals surface area (Å²) in [7, 11) is 1.68. The van der Waals surface area contributed by atoms with Gasteiger partial charge in [-0.15, -0.1) is 0 Å². The quantitative estimate of drug-likeness (QED) is 0.236. The predicted molar refractivity (Wildman–Crippen MR) is 129 cm³/mol. The molecular weight excluding hydrogens is 436 g/mol. The Labute approximate surface area is 198 Å². The number of hydrogen-bond acceptors (Lipinski definition) is 6. The van der Waals surface area contributed by atoms with Gasteiger partial charge in [-0.3, -0.25) is 4.90 Å². The smallest absolute Gasteiger partial charge is 0.414 e. The van der Waals surface area contributed by atoms with Crippen molar-refractivity contribution in [3.05, 3.63) is 77.9 Å². The number of hydrogen-bond donors (Lipinski definition) is 2. The lowest BCUT2D eigenvalue weighted by molar-refractivity contribution is -0.159. The maximum atomic E-state index is 9.10. The van der Waals surface area contributed by atoms with Crippen LogP contribution in [-0.2, 0) is 14.4 Å². The first-order chi connectivity index (χ1) is 16.5. The fraction of sp³-hybridized carbons (Fsp3) is 0.269. The number of carboxylic acid groups (broad SMARTS) is 2. The van der Waals surface area contributed by atoms with Gasteiger partial charge in [0.05, 0.1) is 7.11 Å². The Balaban J connectivity index is 0.000000481. The zero-order valence-corrected chi connectivity index (χ0v) is 19.0. The van der Waals surface area contributed by atoms with Gasteiger partial charge in [-0.1, -0.05) is 47.6 Å². The molecule has 0 unspecified atom stereocenters. The molecule has 0 amide bonds. The average Bonchev–Trinajstić information content (AvgIpc) is 3.38. The summed E-state index contributed by atoms with van der Waals surface area (Å²) in [6.07, 6.45) is 2.58. The number of nitrogens with zero attached hydrogens (tertiary/aromatic N) is 2. The maximum absolute atomic E-state index is 9.10. The lowest BCUT2D eigenvalue weighted by Gasteiger charge is -2.14. The van der Waals surface area contributed by atoms with Crippen LogP contribution in [0.4, 0.5) is 0 Å². The number of fused-ring (bicyclic) bond motifs is 1. The lowest BCUT2D eigenvalue weighted by atomic mass is 9.96. The third-order valence-corrected chi connectivity index (χ3v) is 5.44. The molecule has 8 nitrogen and oxygen atoms in total. The van der Waals surface area contributed by atoms with E-state index in [1.54, 1.807) is 7.11 Å². The van der Waals surface area contributed by atoms with Crippen molar-refractivity contribution in [1.82, 2.24) is 4.90 Å². The second-order valence-corrected chi connectivity index (χ2v) is 7.69.